The molecule has 0 fully saturated rings. The maximum Gasteiger partial charge on any atom is 0.262 e. The van der Waals surface area contributed by atoms with Crippen molar-refractivity contribution in [3.8, 4) is 5.69 Å². The highest BCUT2D eigenvalue weighted by molar-refractivity contribution is 7.18. The highest BCUT2D eigenvalue weighted by Gasteiger charge is 2.14. The third kappa shape index (κ3) is 3.91. The average molecular weight is 422 g/mol. The van der Waals surface area contributed by atoms with Crippen LogP contribution in [0.4, 0.5) is 0 Å². The minimum absolute atomic E-state index is 0.0854. The summed E-state index contributed by atoms with van der Waals surface area (Å²) in [5.41, 5.74) is 2.91. The Balaban J connectivity index is 1.39. The van der Waals surface area contributed by atoms with Crippen LogP contribution < -0.4 is 10.9 Å². The first-order valence-electron chi connectivity index (χ1n) is 9.77. The number of hydrogen-bond donors (Lipinski definition) is 1. The maximum atomic E-state index is 12.7. The summed E-state index contributed by atoms with van der Waals surface area (Å²) in [6.45, 7) is 6.17. The van der Waals surface area contributed by atoms with Crippen molar-refractivity contribution in [1.82, 2.24) is 24.4 Å². The highest BCUT2D eigenvalue weighted by atomic mass is 32.1. The highest BCUT2D eigenvalue weighted by Crippen LogP contribution is 2.25. The first kappa shape index (κ1) is 20.0. The fourth-order valence-electron chi connectivity index (χ4n) is 3.40. The van der Waals surface area contributed by atoms with Gasteiger partial charge < -0.3 is 9.88 Å². The van der Waals surface area contributed by atoms with Crippen LogP contribution in [0.15, 0.2) is 54.1 Å². The van der Waals surface area contributed by atoms with Crippen LogP contribution in [0.3, 0.4) is 0 Å². The van der Waals surface area contributed by atoms with Crippen LogP contribution >= 0.6 is 11.3 Å². The second-order valence-corrected chi connectivity index (χ2v) is 8.51. The molecular weight excluding hydrogens is 398 g/mol. The van der Waals surface area contributed by atoms with Crippen molar-refractivity contribution in [1.29, 1.82) is 0 Å². The molecule has 0 aliphatic heterocycles. The summed E-state index contributed by atoms with van der Waals surface area (Å²) in [7, 11) is 0. The van der Waals surface area contributed by atoms with Gasteiger partial charge in [-0.05, 0) is 44.0 Å². The van der Waals surface area contributed by atoms with Gasteiger partial charge in [-0.3, -0.25) is 14.2 Å². The number of nitrogens with zero attached hydrogens (tertiary/aromatic N) is 4. The molecule has 0 unspecified atom stereocenters. The predicted molar refractivity (Wildman–Crippen MR) is 118 cm³/mol. The quantitative estimate of drug-likeness (QED) is 0.516. The minimum atomic E-state index is -0.131. The van der Waals surface area contributed by atoms with Gasteiger partial charge in [0.25, 0.3) is 5.56 Å². The van der Waals surface area contributed by atoms with Crippen molar-refractivity contribution in [2.45, 2.75) is 39.8 Å². The number of benzene rings is 1. The topological polar surface area (TPSA) is 81.8 Å². The van der Waals surface area contributed by atoms with E-state index in [2.05, 4.69) is 15.3 Å². The molecular formula is C22H23N5O2S. The van der Waals surface area contributed by atoms with Gasteiger partial charge in [0.15, 0.2) is 0 Å². The molecule has 1 atom stereocenters. The van der Waals surface area contributed by atoms with Crippen LogP contribution in [0.5, 0.6) is 0 Å². The number of aromatic nitrogens is 4. The summed E-state index contributed by atoms with van der Waals surface area (Å²) in [5, 5.41) is 3.66. The molecule has 0 saturated carbocycles. The van der Waals surface area contributed by atoms with Gasteiger partial charge >= 0.3 is 0 Å². The number of imidazole rings is 1. The third-order valence-corrected chi connectivity index (χ3v) is 6.42. The third-order valence-electron chi connectivity index (χ3n) is 5.31. The minimum Gasteiger partial charge on any atom is -0.350 e. The molecule has 30 heavy (non-hydrogen) atoms. The summed E-state index contributed by atoms with van der Waals surface area (Å²) in [6, 6.07) is 7.83. The Kier molecular flexibility index (Phi) is 5.50. The number of carbonyl (C=O) groups excluding carboxylic acids is 1. The monoisotopic (exact) mass is 421 g/mol. The number of amides is 1. The number of carbonyl (C=O) groups is 1. The first-order chi connectivity index (χ1) is 14.4. The number of thiophene rings is 1. The zero-order valence-corrected chi connectivity index (χ0v) is 17.9. The van der Waals surface area contributed by atoms with Crippen LogP contribution in [-0.2, 0) is 11.3 Å². The van der Waals surface area contributed by atoms with Gasteiger partial charge in [-0.2, -0.15) is 0 Å². The number of fused-ring (bicyclic) bond motifs is 1. The molecule has 4 rings (SSSR count). The normalized spacial score (nSPS) is 12.2. The first-order valence-corrected chi connectivity index (χ1v) is 10.6. The Bertz CT molecular complexity index is 1240. The van der Waals surface area contributed by atoms with E-state index in [0.29, 0.717) is 11.9 Å². The Labute approximate surface area is 178 Å². The van der Waals surface area contributed by atoms with Crippen LogP contribution in [0, 0.1) is 13.8 Å². The van der Waals surface area contributed by atoms with Gasteiger partial charge in [-0.25, -0.2) is 9.97 Å². The molecule has 7 nitrogen and oxygen atoms in total. The van der Waals surface area contributed by atoms with Gasteiger partial charge in [0.2, 0.25) is 5.91 Å². The Morgan fingerprint density at radius 2 is 1.97 bits per heavy atom. The van der Waals surface area contributed by atoms with Crippen molar-refractivity contribution in [2.75, 3.05) is 0 Å². The second kappa shape index (κ2) is 8.23. The lowest BCUT2D eigenvalue weighted by Crippen LogP contribution is -2.29. The number of nitrogens with one attached hydrogen (secondary N) is 1. The number of aryl methyl sites for hydroxylation is 3. The smallest absolute Gasteiger partial charge is 0.262 e. The van der Waals surface area contributed by atoms with Crippen LogP contribution in [0.2, 0.25) is 0 Å². The van der Waals surface area contributed by atoms with Crippen molar-refractivity contribution in [2.24, 2.45) is 0 Å². The van der Waals surface area contributed by atoms with E-state index in [1.165, 1.54) is 22.2 Å². The summed E-state index contributed by atoms with van der Waals surface area (Å²) < 4.78 is 3.44. The second-order valence-electron chi connectivity index (χ2n) is 7.31. The summed E-state index contributed by atoms with van der Waals surface area (Å²) in [5.74, 6) is -0.105. The fourth-order valence-corrected chi connectivity index (χ4v) is 4.38. The van der Waals surface area contributed by atoms with E-state index < -0.39 is 0 Å². The summed E-state index contributed by atoms with van der Waals surface area (Å²) in [4.78, 5) is 35.5. The van der Waals surface area contributed by atoms with Gasteiger partial charge in [0.05, 0.1) is 24.1 Å². The molecule has 0 aliphatic carbocycles. The number of hydrogen-bond acceptors (Lipinski definition) is 5. The fraction of sp³-hybridized carbons (Fsp3) is 0.273. The molecule has 0 saturated heterocycles. The maximum absolute atomic E-state index is 12.7. The average Bonchev–Trinajstić information content (AvgIpc) is 3.37. The van der Waals surface area contributed by atoms with Gasteiger partial charge in [-0.1, -0.05) is 12.1 Å². The van der Waals surface area contributed by atoms with Crippen molar-refractivity contribution in [3.63, 3.8) is 0 Å². The van der Waals surface area contributed by atoms with E-state index in [1.54, 1.807) is 12.5 Å². The van der Waals surface area contributed by atoms with Crippen LogP contribution in [-0.4, -0.2) is 25.0 Å². The molecule has 1 amide bonds. The number of rotatable bonds is 6. The Morgan fingerprint density at radius 1 is 1.20 bits per heavy atom. The SMILES string of the molecule is Cc1sc2ncn(CCC(=O)N[C@@H](C)c3ccc(-n4ccnc4)cc3)c(=O)c2c1C. The molecule has 3 aromatic heterocycles. The van der Waals surface area contributed by atoms with Gasteiger partial charge in [0.1, 0.15) is 4.83 Å². The molecule has 0 spiro atoms. The summed E-state index contributed by atoms with van der Waals surface area (Å²) in [6.07, 6.45) is 7.11. The van der Waals surface area contributed by atoms with E-state index in [-0.39, 0.29) is 23.9 Å². The van der Waals surface area contributed by atoms with Crippen molar-refractivity contribution < 1.29 is 4.79 Å². The lowest BCUT2D eigenvalue weighted by molar-refractivity contribution is -0.121. The lowest BCUT2D eigenvalue weighted by Gasteiger charge is -2.15. The zero-order valence-electron chi connectivity index (χ0n) is 17.1. The largest absolute Gasteiger partial charge is 0.350 e. The predicted octanol–water partition coefficient (Wildman–Crippen LogP) is 3.53. The molecule has 1 N–H and O–H groups in total. The molecule has 8 heteroatoms. The van der Waals surface area contributed by atoms with E-state index in [9.17, 15) is 9.59 Å². The van der Waals surface area contributed by atoms with E-state index in [0.717, 1.165) is 26.5 Å². The van der Waals surface area contributed by atoms with Crippen LogP contribution in [0.25, 0.3) is 15.9 Å². The Hall–Kier alpha value is -3.26. The van der Waals surface area contributed by atoms with Crippen molar-refractivity contribution >= 4 is 27.5 Å². The Morgan fingerprint density at radius 3 is 2.67 bits per heavy atom. The van der Waals surface area contributed by atoms with Crippen LogP contribution in [0.1, 0.15) is 35.4 Å². The molecule has 3 heterocycles. The lowest BCUT2D eigenvalue weighted by atomic mass is 10.1. The zero-order chi connectivity index (χ0) is 21.3. The van der Waals surface area contributed by atoms with Gasteiger partial charge in [-0.15, -0.1) is 11.3 Å². The van der Waals surface area contributed by atoms with E-state index >= 15 is 0 Å². The molecule has 0 aliphatic rings. The molecule has 0 bridgehead atoms. The summed E-state index contributed by atoms with van der Waals surface area (Å²) >= 11 is 1.52. The molecule has 0 radical (unpaired) electrons. The van der Waals surface area contributed by atoms with Gasteiger partial charge in [0, 0.05) is 35.9 Å². The molecule has 154 valence electrons. The van der Waals surface area contributed by atoms with Crippen molar-refractivity contribution in [3.05, 3.63) is 75.7 Å². The van der Waals surface area contributed by atoms with E-state index in [1.807, 2.05) is 55.8 Å². The molecule has 1 aromatic carbocycles. The standard InChI is InChI=1S/C22H23N5O2S/c1-14-16(3)30-21-20(14)22(29)27(13-24-21)10-8-19(28)25-15(2)17-4-6-18(7-5-17)26-11-9-23-12-26/h4-7,9,11-13,15H,8,10H2,1-3H3,(H,25,28)/t15-/m0/s1. The van der Waals surface area contributed by atoms with E-state index in [4.69, 9.17) is 0 Å². The molecule has 4 aromatic rings.